The Bertz CT molecular complexity index is 1120. The molecule has 0 saturated carbocycles. The molecule has 1 amide bonds. The molecule has 0 aliphatic rings. The van der Waals surface area contributed by atoms with Crippen molar-refractivity contribution in [1.29, 1.82) is 0 Å². The van der Waals surface area contributed by atoms with Gasteiger partial charge in [0.05, 0.1) is 22.7 Å². The summed E-state index contributed by atoms with van der Waals surface area (Å²) in [4.78, 5) is 22.4. The van der Waals surface area contributed by atoms with Gasteiger partial charge in [-0.3, -0.25) is 14.9 Å². The maximum atomic E-state index is 12.2. The Morgan fingerprint density at radius 2 is 1.94 bits per heavy atom. The maximum Gasteiger partial charge on any atom is 0.271 e. The number of nitrogens with one attached hydrogen (secondary N) is 1. The van der Waals surface area contributed by atoms with Crippen LogP contribution in [-0.2, 0) is 6.61 Å². The second kappa shape index (κ2) is 10.4. The third-order valence-corrected chi connectivity index (χ3v) is 4.83. The van der Waals surface area contributed by atoms with E-state index in [4.69, 9.17) is 9.47 Å². The molecular weight excluding hydrogens is 466 g/mol. The van der Waals surface area contributed by atoms with Gasteiger partial charge in [-0.05, 0) is 75.6 Å². The van der Waals surface area contributed by atoms with E-state index in [2.05, 4.69) is 26.5 Å². The van der Waals surface area contributed by atoms with Crippen LogP contribution in [0.4, 0.5) is 5.69 Å². The monoisotopic (exact) mass is 483 g/mol. The Hall–Kier alpha value is -3.72. The average Bonchev–Trinajstić information content (AvgIpc) is 2.78. The molecule has 0 radical (unpaired) electrons. The van der Waals surface area contributed by atoms with Crippen LogP contribution in [0.25, 0.3) is 0 Å². The van der Waals surface area contributed by atoms with E-state index >= 15 is 0 Å². The van der Waals surface area contributed by atoms with Gasteiger partial charge in [-0.2, -0.15) is 5.10 Å². The van der Waals surface area contributed by atoms with Gasteiger partial charge in [-0.25, -0.2) is 5.43 Å². The molecule has 0 heterocycles. The lowest BCUT2D eigenvalue weighted by atomic mass is 10.2. The number of rotatable bonds is 8. The van der Waals surface area contributed by atoms with Gasteiger partial charge in [0.25, 0.3) is 11.6 Å². The van der Waals surface area contributed by atoms with Crippen LogP contribution in [0.5, 0.6) is 11.5 Å². The predicted molar refractivity (Wildman–Crippen MR) is 120 cm³/mol. The largest absolute Gasteiger partial charge is 0.497 e. The van der Waals surface area contributed by atoms with E-state index in [1.807, 2.05) is 0 Å². The van der Waals surface area contributed by atoms with Crippen LogP contribution in [0.1, 0.15) is 21.5 Å². The fourth-order valence-electron chi connectivity index (χ4n) is 2.58. The number of nitro groups is 1. The van der Waals surface area contributed by atoms with Gasteiger partial charge in [0.1, 0.15) is 18.1 Å². The van der Waals surface area contributed by atoms with Crippen LogP contribution in [0.15, 0.2) is 76.3 Å². The van der Waals surface area contributed by atoms with E-state index in [-0.39, 0.29) is 18.2 Å². The summed E-state index contributed by atoms with van der Waals surface area (Å²) in [6, 6.07) is 18.3. The van der Waals surface area contributed by atoms with E-state index in [0.717, 1.165) is 11.1 Å². The molecule has 0 fully saturated rings. The number of nitrogens with zero attached hydrogens (tertiary/aromatic N) is 2. The second-order valence-electron chi connectivity index (χ2n) is 6.33. The van der Waals surface area contributed by atoms with Gasteiger partial charge in [-0.1, -0.05) is 6.07 Å². The number of non-ortho nitro benzene ring substituents is 1. The third kappa shape index (κ3) is 6.13. The van der Waals surface area contributed by atoms with Crippen molar-refractivity contribution in [3.63, 3.8) is 0 Å². The summed E-state index contributed by atoms with van der Waals surface area (Å²) in [5.74, 6) is 0.845. The van der Waals surface area contributed by atoms with Gasteiger partial charge in [0.15, 0.2) is 0 Å². The van der Waals surface area contributed by atoms with Crippen molar-refractivity contribution in [2.24, 2.45) is 5.10 Å². The number of amides is 1. The molecule has 3 aromatic carbocycles. The van der Waals surface area contributed by atoms with E-state index < -0.39 is 4.92 Å². The number of methoxy groups -OCH3 is 1. The Balaban J connectivity index is 1.57. The van der Waals surface area contributed by atoms with Crippen molar-refractivity contribution in [3.8, 4) is 11.5 Å². The van der Waals surface area contributed by atoms with Gasteiger partial charge < -0.3 is 9.47 Å². The summed E-state index contributed by atoms with van der Waals surface area (Å²) in [5, 5.41) is 14.7. The Labute approximate surface area is 186 Å². The number of ether oxygens (including phenoxy) is 2. The van der Waals surface area contributed by atoms with Gasteiger partial charge in [-0.15, -0.1) is 0 Å². The Kier molecular flexibility index (Phi) is 7.34. The number of nitro benzene ring substituents is 1. The zero-order valence-electron chi connectivity index (χ0n) is 16.4. The highest BCUT2D eigenvalue weighted by Crippen LogP contribution is 2.26. The molecule has 1 N–H and O–H groups in total. The summed E-state index contributed by atoms with van der Waals surface area (Å²) in [5.41, 5.74) is 4.50. The molecule has 0 aliphatic carbocycles. The minimum atomic E-state index is -0.444. The molecule has 0 atom stereocenters. The summed E-state index contributed by atoms with van der Waals surface area (Å²) >= 11 is 3.45. The van der Waals surface area contributed by atoms with E-state index in [1.165, 1.54) is 25.5 Å². The van der Waals surface area contributed by atoms with Crippen LogP contribution >= 0.6 is 15.9 Å². The number of carbonyl (C=O) groups excluding carboxylic acids is 1. The van der Waals surface area contributed by atoms with Crippen LogP contribution in [0.2, 0.25) is 0 Å². The van der Waals surface area contributed by atoms with Crippen molar-refractivity contribution in [2.75, 3.05) is 7.11 Å². The minimum Gasteiger partial charge on any atom is -0.497 e. The van der Waals surface area contributed by atoms with Gasteiger partial charge in [0.2, 0.25) is 0 Å². The number of hydrogen-bond acceptors (Lipinski definition) is 6. The molecule has 8 nitrogen and oxygen atoms in total. The molecule has 9 heteroatoms. The Morgan fingerprint density at radius 3 is 2.61 bits per heavy atom. The normalized spacial score (nSPS) is 10.6. The first-order valence-electron chi connectivity index (χ1n) is 9.09. The van der Waals surface area contributed by atoms with Crippen molar-refractivity contribution < 1.29 is 19.2 Å². The molecule has 0 unspecified atom stereocenters. The minimum absolute atomic E-state index is 0.0343. The topological polar surface area (TPSA) is 103 Å². The molecule has 0 saturated heterocycles. The molecule has 31 heavy (non-hydrogen) atoms. The Morgan fingerprint density at radius 1 is 1.16 bits per heavy atom. The predicted octanol–water partition coefficient (Wildman–Crippen LogP) is 4.71. The van der Waals surface area contributed by atoms with Crippen LogP contribution in [0, 0.1) is 10.1 Å². The number of hydrogen-bond donors (Lipinski definition) is 1. The quantitative estimate of drug-likeness (QED) is 0.284. The molecule has 3 rings (SSSR count). The van der Waals surface area contributed by atoms with Crippen LogP contribution < -0.4 is 14.9 Å². The zero-order chi connectivity index (χ0) is 22.2. The number of halogens is 1. The lowest BCUT2D eigenvalue weighted by molar-refractivity contribution is -0.384. The lowest BCUT2D eigenvalue weighted by Crippen LogP contribution is -2.17. The van der Waals surface area contributed by atoms with E-state index in [1.54, 1.807) is 54.6 Å². The molecule has 158 valence electrons. The van der Waals surface area contributed by atoms with Gasteiger partial charge >= 0.3 is 0 Å². The standard InChI is InChI=1S/C22H18BrN3O5/c1-30-19-4-2-3-17(12-19)22(27)25-24-13-16-7-10-21(20(23)11-16)31-14-15-5-8-18(9-6-15)26(28)29/h2-13H,14H2,1H3,(H,25,27)/b24-13-. The van der Waals surface area contributed by atoms with Crippen LogP contribution in [-0.4, -0.2) is 24.2 Å². The van der Waals surface area contributed by atoms with Crippen molar-refractivity contribution >= 4 is 33.7 Å². The van der Waals surface area contributed by atoms with Gasteiger partial charge in [0, 0.05) is 17.7 Å². The number of hydrazone groups is 1. The fraction of sp³-hybridized carbons (Fsp3) is 0.0909. The van der Waals surface area contributed by atoms with E-state index in [0.29, 0.717) is 21.5 Å². The average molecular weight is 484 g/mol. The zero-order valence-corrected chi connectivity index (χ0v) is 18.0. The molecular formula is C22H18BrN3O5. The maximum absolute atomic E-state index is 12.2. The van der Waals surface area contributed by atoms with Crippen molar-refractivity contribution in [1.82, 2.24) is 5.43 Å². The lowest BCUT2D eigenvalue weighted by Gasteiger charge is -2.09. The summed E-state index contributed by atoms with van der Waals surface area (Å²) < 4.78 is 11.6. The number of carbonyl (C=O) groups is 1. The first-order chi connectivity index (χ1) is 15.0. The summed E-state index contributed by atoms with van der Waals surface area (Å²) in [6.07, 6.45) is 1.52. The van der Waals surface area contributed by atoms with E-state index in [9.17, 15) is 14.9 Å². The summed E-state index contributed by atoms with van der Waals surface area (Å²) in [6.45, 7) is 0.265. The molecule has 0 aliphatic heterocycles. The number of benzene rings is 3. The SMILES string of the molecule is COc1cccc(C(=O)N/N=C\c2ccc(OCc3ccc([N+](=O)[O-])cc3)c(Br)c2)c1. The third-order valence-electron chi connectivity index (χ3n) is 4.21. The smallest absolute Gasteiger partial charge is 0.271 e. The highest BCUT2D eigenvalue weighted by atomic mass is 79.9. The first kappa shape index (κ1) is 22.0. The molecule has 3 aromatic rings. The first-order valence-corrected chi connectivity index (χ1v) is 9.88. The highest BCUT2D eigenvalue weighted by Gasteiger charge is 2.07. The van der Waals surface area contributed by atoms with Crippen molar-refractivity contribution in [3.05, 3.63) is 98.0 Å². The second-order valence-corrected chi connectivity index (χ2v) is 7.19. The fourth-order valence-corrected chi connectivity index (χ4v) is 3.09. The highest BCUT2D eigenvalue weighted by molar-refractivity contribution is 9.10. The molecule has 0 aromatic heterocycles. The van der Waals surface area contributed by atoms with Crippen molar-refractivity contribution in [2.45, 2.75) is 6.61 Å². The van der Waals surface area contributed by atoms with Crippen LogP contribution in [0.3, 0.4) is 0 Å². The summed E-state index contributed by atoms with van der Waals surface area (Å²) in [7, 11) is 1.53. The molecule has 0 spiro atoms. The molecule has 0 bridgehead atoms.